The van der Waals surface area contributed by atoms with Gasteiger partial charge >= 0.3 is 0 Å². The molecule has 0 heterocycles. The summed E-state index contributed by atoms with van der Waals surface area (Å²) in [6.07, 6.45) is 0. The zero-order chi connectivity index (χ0) is 50.8. The van der Waals surface area contributed by atoms with E-state index in [2.05, 4.69) is 297 Å². The molecule has 360 valence electrons. The van der Waals surface area contributed by atoms with Crippen molar-refractivity contribution in [3.8, 4) is 33.4 Å². The number of hydrogen-bond donors (Lipinski definition) is 0. The summed E-state index contributed by atoms with van der Waals surface area (Å²) in [5.41, 5.74) is 25.3. The van der Waals surface area contributed by atoms with Crippen molar-refractivity contribution in [2.24, 2.45) is 0 Å². The molecule has 3 aliphatic carbocycles. The van der Waals surface area contributed by atoms with Gasteiger partial charge in [-0.1, -0.05) is 262 Å². The molecular weight excluding hydrogens is 891 g/mol. The Morgan fingerprint density at radius 2 is 0.689 bits per heavy atom. The highest BCUT2D eigenvalue weighted by Gasteiger charge is 2.50. The van der Waals surface area contributed by atoms with Gasteiger partial charge in [-0.2, -0.15) is 0 Å². The molecule has 1 unspecified atom stereocenters. The highest BCUT2D eigenvalue weighted by Crippen LogP contribution is 2.62. The van der Waals surface area contributed by atoms with Gasteiger partial charge in [0.15, 0.2) is 0 Å². The fraction of sp³-hybridized carbons (Fsp3) is 0.178. The van der Waals surface area contributed by atoms with Gasteiger partial charge in [-0.05, 0) is 136 Å². The van der Waals surface area contributed by atoms with Crippen molar-refractivity contribution in [2.45, 2.75) is 82.5 Å². The van der Waals surface area contributed by atoms with Crippen LogP contribution in [0.3, 0.4) is 0 Å². The van der Waals surface area contributed by atoms with Gasteiger partial charge in [0.1, 0.15) is 0 Å². The standard InChI is InChI=1S/C73H63N/c1-69(2,3)51-43-52(70(4,5)6)45-53(44-51)73(50-29-16-11-17-30-50)63-36-23-20-33-60(63)68-64(73)37-24-38-67(68)74(54-39-41-58-56-31-18-21-34-61(56)71(7,8)65(58)46-54)55-40-42-59-57-32-19-22-35-62(57)72(66(59)47-55,48-25-12-9-13-26-48)49-27-14-10-15-28-49/h9-47H,1-8H3. The lowest BCUT2D eigenvalue weighted by molar-refractivity contribution is 0.564. The van der Waals surface area contributed by atoms with E-state index < -0.39 is 10.8 Å². The molecule has 0 amide bonds. The first-order chi connectivity index (χ1) is 35.7. The summed E-state index contributed by atoms with van der Waals surface area (Å²) in [5.74, 6) is 0. The Kier molecular flexibility index (Phi) is 10.2. The van der Waals surface area contributed by atoms with E-state index in [1.807, 2.05) is 0 Å². The smallest absolute Gasteiger partial charge is 0.0714 e. The van der Waals surface area contributed by atoms with Crippen LogP contribution in [0.4, 0.5) is 17.1 Å². The molecule has 0 fully saturated rings. The molecule has 0 aliphatic heterocycles. The molecule has 0 saturated heterocycles. The number of benzene rings is 10. The van der Waals surface area contributed by atoms with Crippen LogP contribution in [0, 0.1) is 0 Å². The maximum atomic E-state index is 2.60. The molecule has 0 N–H and O–H groups in total. The fourth-order valence-corrected chi connectivity index (χ4v) is 13.5. The van der Waals surface area contributed by atoms with Crippen LogP contribution in [0.15, 0.2) is 237 Å². The van der Waals surface area contributed by atoms with Crippen LogP contribution in [0.25, 0.3) is 33.4 Å². The Morgan fingerprint density at radius 3 is 1.22 bits per heavy atom. The van der Waals surface area contributed by atoms with Crippen LogP contribution < -0.4 is 4.90 Å². The third-order valence-corrected chi connectivity index (χ3v) is 17.1. The van der Waals surface area contributed by atoms with Gasteiger partial charge in [-0.15, -0.1) is 0 Å². The molecule has 0 saturated carbocycles. The molecule has 13 rings (SSSR count). The van der Waals surface area contributed by atoms with E-state index in [0.717, 1.165) is 17.1 Å². The normalized spacial score (nSPS) is 16.4. The van der Waals surface area contributed by atoms with Gasteiger partial charge in [-0.3, -0.25) is 0 Å². The van der Waals surface area contributed by atoms with Crippen LogP contribution in [0.1, 0.15) is 122 Å². The summed E-state index contributed by atoms with van der Waals surface area (Å²) < 4.78 is 0. The number of fused-ring (bicyclic) bond motifs is 9. The molecule has 1 heteroatoms. The summed E-state index contributed by atoms with van der Waals surface area (Å²) in [7, 11) is 0. The van der Waals surface area contributed by atoms with Crippen molar-refractivity contribution in [3.05, 3.63) is 303 Å². The quantitative estimate of drug-likeness (QED) is 0.154. The zero-order valence-corrected chi connectivity index (χ0v) is 44.0. The molecule has 1 nitrogen and oxygen atoms in total. The van der Waals surface area contributed by atoms with E-state index in [-0.39, 0.29) is 16.2 Å². The Labute approximate surface area is 438 Å². The minimum absolute atomic E-state index is 0.0730. The van der Waals surface area contributed by atoms with Gasteiger partial charge in [0.05, 0.1) is 16.5 Å². The topological polar surface area (TPSA) is 3.24 Å². The molecule has 0 radical (unpaired) electrons. The minimum atomic E-state index is -0.618. The summed E-state index contributed by atoms with van der Waals surface area (Å²) in [6, 6.07) is 90.4. The van der Waals surface area contributed by atoms with E-state index in [9.17, 15) is 0 Å². The number of hydrogen-bond acceptors (Lipinski definition) is 1. The average molecular weight is 954 g/mol. The van der Waals surface area contributed by atoms with E-state index in [0.29, 0.717) is 0 Å². The van der Waals surface area contributed by atoms with Gasteiger partial charge in [0.2, 0.25) is 0 Å². The molecular formula is C73H63N. The molecule has 10 aromatic carbocycles. The maximum Gasteiger partial charge on any atom is 0.0714 e. The van der Waals surface area contributed by atoms with Crippen LogP contribution in [0.5, 0.6) is 0 Å². The third-order valence-electron chi connectivity index (χ3n) is 17.1. The second kappa shape index (κ2) is 16.5. The van der Waals surface area contributed by atoms with Crippen molar-refractivity contribution in [2.75, 3.05) is 4.90 Å². The highest BCUT2D eigenvalue weighted by molar-refractivity contribution is 5.99. The number of anilines is 3. The first kappa shape index (κ1) is 45.8. The number of nitrogens with zero attached hydrogens (tertiary/aromatic N) is 1. The van der Waals surface area contributed by atoms with E-state index in [1.165, 1.54) is 100 Å². The molecule has 10 aromatic rings. The predicted molar refractivity (Wildman–Crippen MR) is 311 cm³/mol. The van der Waals surface area contributed by atoms with E-state index >= 15 is 0 Å². The van der Waals surface area contributed by atoms with E-state index in [4.69, 9.17) is 0 Å². The monoisotopic (exact) mass is 953 g/mol. The Bertz CT molecular complexity index is 3750. The first-order valence-corrected chi connectivity index (χ1v) is 26.6. The van der Waals surface area contributed by atoms with Crippen molar-refractivity contribution in [1.29, 1.82) is 0 Å². The molecule has 74 heavy (non-hydrogen) atoms. The van der Waals surface area contributed by atoms with Crippen LogP contribution in [0.2, 0.25) is 0 Å². The molecule has 3 aliphatic rings. The summed E-state index contributed by atoms with van der Waals surface area (Å²) >= 11 is 0. The maximum absolute atomic E-state index is 2.60. The second-order valence-electron chi connectivity index (χ2n) is 23.7. The predicted octanol–water partition coefficient (Wildman–Crippen LogP) is 18.8. The average Bonchev–Trinajstić information content (AvgIpc) is 3.98. The van der Waals surface area contributed by atoms with Crippen LogP contribution in [-0.2, 0) is 27.1 Å². The number of rotatable bonds is 7. The Hall–Kier alpha value is -8.00. The fourth-order valence-electron chi connectivity index (χ4n) is 13.5. The lowest BCUT2D eigenvalue weighted by Crippen LogP contribution is -2.30. The van der Waals surface area contributed by atoms with Crippen molar-refractivity contribution in [3.63, 3.8) is 0 Å². The van der Waals surface area contributed by atoms with Crippen molar-refractivity contribution >= 4 is 17.1 Å². The molecule has 0 aromatic heterocycles. The lowest BCUT2D eigenvalue weighted by Gasteiger charge is -2.37. The SMILES string of the molecule is CC(C)(C)c1cc(C(C)(C)C)cc(C2(c3ccccc3)c3ccccc3-c3c(N(c4ccc5c(c4)C(C)(C)c4ccccc4-5)c4ccc5c(c4)C(c4ccccc4)(c4ccccc4)c4ccccc4-5)cccc32)c1. The van der Waals surface area contributed by atoms with Crippen molar-refractivity contribution < 1.29 is 0 Å². The summed E-state index contributed by atoms with van der Waals surface area (Å²) in [5, 5.41) is 0. The van der Waals surface area contributed by atoms with Crippen molar-refractivity contribution in [1.82, 2.24) is 0 Å². The zero-order valence-electron chi connectivity index (χ0n) is 44.0. The summed E-state index contributed by atoms with van der Waals surface area (Å²) in [6.45, 7) is 18.9. The Morgan fingerprint density at radius 1 is 0.297 bits per heavy atom. The molecule has 1 atom stereocenters. The summed E-state index contributed by atoms with van der Waals surface area (Å²) in [4.78, 5) is 2.60. The second-order valence-corrected chi connectivity index (χ2v) is 23.7. The largest absolute Gasteiger partial charge is 0.310 e. The van der Waals surface area contributed by atoms with Crippen LogP contribution in [-0.4, -0.2) is 0 Å². The van der Waals surface area contributed by atoms with Gasteiger partial charge in [0, 0.05) is 22.4 Å². The molecule has 0 spiro atoms. The van der Waals surface area contributed by atoms with Gasteiger partial charge in [-0.25, -0.2) is 0 Å². The van der Waals surface area contributed by atoms with Gasteiger partial charge < -0.3 is 4.90 Å². The molecule has 0 bridgehead atoms. The van der Waals surface area contributed by atoms with Crippen LogP contribution >= 0.6 is 0 Å². The van der Waals surface area contributed by atoms with E-state index in [1.54, 1.807) is 0 Å². The first-order valence-electron chi connectivity index (χ1n) is 26.6. The highest BCUT2D eigenvalue weighted by atomic mass is 15.1. The third kappa shape index (κ3) is 6.55. The van der Waals surface area contributed by atoms with Gasteiger partial charge in [0.25, 0.3) is 0 Å². The Balaban J connectivity index is 1.14. The lowest BCUT2D eigenvalue weighted by atomic mass is 9.65. The minimum Gasteiger partial charge on any atom is -0.310 e.